The van der Waals surface area contributed by atoms with E-state index in [-0.39, 0.29) is 0 Å². The SMILES string of the molecule is CC(F)(F)C(=O)O.NCC1CCC(CN(Cc2ccc(Cl)cc2)Cc2ccc(-c3ccccc3)cc2)CC1. The summed E-state index contributed by atoms with van der Waals surface area (Å²) in [5, 5.41) is 8.30. The summed E-state index contributed by atoms with van der Waals surface area (Å²) in [7, 11) is 0. The van der Waals surface area contributed by atoms with Crippen molar-refractivity contribution in [2.45, 2.75) is 51.6 Å². The Balaban J connectivity index is 0.000000505. The largest absolute Gasteiger partial charge is 0.477 e. The summed E-state index contributed by atoms with van der Waals surface area (Å²) in [6, 6.07) is 27.9. The summed E-state index contributed by atoms with van der Waals surface area (Å²) in [5.41, 5.74) is 11.1. The predicted molar refractivity (Wildman–Crippen MR) is 150 cm³/mol. The van der Waals surface area contributed by atoms with Crippen LogP contribution in [0.2, 0.25) is 5.02 Å². The molecule has 0 radical (unpaired) electrons. The van der Waals surface area contributed by atoms with Gasteiger partial charge in [0.2, 0.25) is 0 Å². The summed E-state index contributed by atoms with van der Waals surface area (Å²) >= 11 is 6.10. The van der Waals surface area contributed by atoms with Crippen LogP contribution in [0.5, 0.6) is 0 Å². The zero-order chi connectivity index (χ0) is 27.5. The molecule has 4 rings (SSSR count). The molecule has 7 heteroatoms. The number of alkyl halides is 2. The van der Waals surface area contributed by atoms with Crippen LogP contribution in [0.1, 0.15) is 43.7 Å². The molecule has 0 spiro atoms. The highest BCUT2D eigenvalue weighted by Gasteiger charge is 2.31. The first kappa shape index (κ1) is 29.8. The van der Waals surface area contributed by atoms with Gasteiger partial charge in [0.25, 0.3) is 0 Å². The molecule has 3 aromatic carbocycles. The number of rotatable bonds is 9. The van der Waals surface area contributed by atoms with Gasteiger partial charge in [0.15, 0.2) is 0 Å². The van der Waals surface area contributed by atoms with Crippen LogP contribution in [-0.4, -0.2) is 35.0 Å². The summed E-state index contributed by atoms with van der Waals surface area (Å²) < 4.78 is 22.5. The number of nitrogens with zero attached hydrogens (tertiary/aromatic N) is 1. The Bertz CT molecular complexity index is 1110. The Kier molecular flexibility index (Phi) is 11.3. The van der Waals surface area contributed by atoms with Crippen LogP contribution in [0.4, 0.5) is 8.78 Å². The maximum Gasteiger partial charge on any atom is 0.374 e. The minimum atomic E-state index is -3.58. The van der Waals surface area contributed by atoms with Gasteiger partial charge in [-0.05, 0) is 78.5 Å². The van der Waals surface area contributed by atoms with E-state index >= 15 is 0 Å². The van der Waals surface area contributed by atoms with E-state index in [1.165, 1.54) is 47.9 Å². The lowest BCUT2D eigenvalue weighted by Crippen LogP contribution is -2.32. The molecule has 0 saturated heterocycles. The number of carboxylic acid groups (broad SMARTS) is 1. The first-order chi connectivity index (χ1) is 18.1. The fourth-order valence-corrected chi connectivity index (χ4v) is 4.87. The maximum atomic E-state index is 11.2. The van der Waals surface area contributed by atoms with Crippen molar-refractivity contribution in [2.24, 2.45) is 17.6 Å². The van der Waals surface area contributed by atoms with Crippen molar-refractivity contribution in [1.29, 1.82) is 0 Å². The van der Waals surface area contributed by atoms with Gasteiger partial charge in [-0.3, -0.25) is 4.90 Å². The second kappa shape index (κ2) is 14.4. The fourth-order valence-electron chi connectivity index (χ4n) is 4.74. The van der Waals surface area contributed by atoms with E-state index in [4.69, 9.17) is 22.4 Å². The van der Waals surface area contributed by atoms with Gasteiger partial charge in [-0.1, -0.05) is 78.3 Å². The van der Waals surface area contributed by atoms with Gasteiger partial charge >= 0.3 is 11.9 Å². The van der Waals surface area contributed by atoms with Crippen LogP contribution in [0.15, 0.2) is 78.9 Å². The molecule has 1 aliphatic carbocycles. The minimum absolute atomic E-state index is 0.329. The maximum absolute atomic E-state index is 11.2. The van der Waals surface area contributed by atoms with E-state index < -0.39 is 11.9 Å². The molecule has 1 saturated carbocycles. The number of halogens is 3. The zero-order valence-electron chi connectivity index (χ0n) is 21.8. The topological polar surface area (TPSA) is 66.6 Å². The lowest BCUT2D eigenvalue weighted by atomic mass is 9.82. The van der Waals surface area contributed by atoms with Crippen molar-refractivity contribution in [3.63, 3.8) is 0 Å². The third kappa shape index (κ3) is 9.82. The van der Waals surface area contributed by atoms with Crippen molar-refractivity contribution in [3.05, 3.63) is 95.0 Å². The highest BCUT2D eigenvalue weighted by molar-refractivity contribution is 6.30. The second-order valence-electron chi connectivity index (χ2n) is 10.2. The molecule has 3 aromatic rings. The summed E-state index contributed by atoms with van der Waals surface area (Å²) in [4.78, 5) is 11.9. The van der Waals surface area contributed by atoms with Crippen LogP contribution in [0.3, 0.4) is 0 Å². The normalized spacial score (nSPS) is 17.5. The van der Waals surface area contributed by atoms with Crippen molar-refractivity contribution in [1.82, 2.24) is 4.90 Å². The van der Waals surface area contributed by atoms with Gasteiger partial charge in [0, 0.05) is 31.6 Å². The van der Waals surface area contributed by atoms with E-state index in [2.05, 4.69) is 71.6 Å². The van der Waals surface area contributed by atoms with Gasteiger partial charge in [-0.25, -0.2) is 4.79 Å². The van der Waals surface area contributed by atoms with E-state index in [0.29, 0.717) is 6.92 Å². The second-order valence-corrected chi connectivity index (χ2v) is 10.6. The average Bonchev–Trinajstić information content (AvgIpc) is 2.91. The summed E-state index contributed by atoms with van der Waals surface area (Å²) in [6.45, 7) is 4.23. The Hall–Kier alpha value is -2.80. The minimum Gasteiger partial charge on any atom is -0.477 e. The Morgan fingerprint density at radius 3 is 1.79 bits per heavy atom. The number of hydrogen-bond donors (Lipinski definition) is 2. The standard InChI is InChI=1S/C28H33ClN2.C3H4F2O2/c29-28-16-12-25(13-17-28)21-31(19-23-8-6-22(18-30)7-9-23)20-24-10-14-27(15-11-24)26-4-2-1-3-5-26;1-3(4,5)2(6)7/h1-5,10-17,22-23H,6-9,18-21,30H2;1H3,(H,6,7). The predicted octanol–water partition coefficient (Wildman–Crippen LogP) is 7.50. The molecule has 3 N–H and O–H groups in total. The van der Waals surface area contributed by atoms with E-state index in [0.717, 1.165) is 43.0 Å². The molecule has 0 amide bonds. The number of carboxylic acids is 1. The van der Waals surface area contributed by atoms with Gasteiger partial charge in [-0.15, -0.1) is 0 Å². The monoisotopic (exact) mass is 542 g/mol. The van der Waals surface area contributed by atoms with Crippen molar-refractivity contribution in [3.8, 4) is 11.1 Å². The molecule has 1 fully saturated rings. The molecule has 0 heterocycles. The molecule has 0 aliphatic heterocycles. The average molecular weight is 543 g/mol. The van der Waals surface area contributed by atoms with E-state index in [9.17, 15) is 13.6 Å². The van der Waals surface area contributed by atoms with Crippen molar-refractivity contribution >= 4 is 17.6 Å². The summed E-state index contributed by atoms with van der Waals surface area (Å²) in [5.74, 6) is -4.18. The molecule has 204 valence electrons. The van der Waals surface area contributed by atoms with E-state index in [1.54, 1.807) is 0 Å². The Labute approximate surface area is 229 Å². The summed E-state index contributed by atoms with van der Waals surface area (Å²) in [6.07, 6.45) is 5.15. The number of nitrogens with two attached hydrogens (primary N) is 1. The first-order valence-electron chi connectivity index (χ1n) is 13.1. The molecular formula is C31H37ClF2N2O2. The van der Waals surface area contributed by atoms with Crippen LogP contribution in [0.25, 0.3) is 11.1 Å². The van der Waals surface area contributed by atoms with Crippen LogP contribution in [0, 0.1) is 11.8 Å². The van der Waals surface area contributed by atoms with Gasteiger partial charge in [-0.2, -0.15) is 8.78 Å². The first-order valence-corrected chi connectivity index (χ1v) is 13.4. The molecule has 1 aliphatic rings. The number of hydrogen-bond acceptors (Lipinski definition) is 3. The Morgan fingerprint density at radius 2 is 1.32 bits per heavy atom. The molecule has 0 aromatic heterocycles. The lowest BCUT2D eigenvalue weighted by molar-refractivity contribution is -0.161. The molecular weight excluding hydrogens is 506 g/mol. The zero-order valence-corrected chi connectivity index (χ0v) is 22.6. The van der Waals surface area contributed by atoms with Crippen LogP contribution in [-0.2, 0) is 17.9 Å². The van der Waals surface area contributed by atoms with Crippen molar-refractivity contribution < 1.29 is 18.7 Å². The molecule has 0 atom stereocenters. The highest BCUT2D eigenvalue weighted by atomic mass is 35.5. The number of aliphatic carboxylic acids is 1. The van der Waals surface area contributed by atoms with Gasteiger partial charge in [0.1, 0.15) is 0 Å². The Morgan fingerprint density at radius 1 is 0.868 bits per heavy atom. The molecule has 4 nitrogen and oxygen atoms in total. The van der Waals surface area contributed by atoms with Crippen molar-refractivity contribution in [2.75, 3.05) is 13.1 Å². The molecule has 38 heavy (non-hydrogen) atoms. The number of benzene rings is 3. The third-order valence-corrected chi connectivity index (χ3v) is 7.23. The molecule has 0 bridgehead atoms. The van der Waals surface area contributed by atoms with E-state index in [1.807, 2.05) is 12.1 Å². The fraction of sp³-hybridized carbons (Fsp3) is 0.387. The number of carbonyl (C=O) groups is 1. The smallest absolute Gasteiger partial charge is 0.374 e. The van der Waals surface area contributed by atoms with Crippen LogP contribution < -0.4 is 5.73 Å². The quantitative estimate of drug-likeness (QED) is 0.294. The van der Waals surface area contributed by atoms with Gasteiger partial charge < -0.3 is 10.8 Å². The lowest BCUT2D eigenvalue weighted by Gasteiger charge is -2.32. The highest BCUT2D eigenvalue weighted by Crippen LogP contribution is 2.30. The van der Waals surface area contributed by atoms with Gasteiger partial charge in [0.05, 0.1) is 0 Å². The third-order valence-electron chi connectivity index (χ3n) is 6.98. The van der Waals surface area contributed by atoms with Crippen LogP contribution >= 0.6 is 11.6 Å². The molecule has 0 unspecified atom stereocenters.